The van der Waals surface area contributed by atoms with Crippen LogP contribution in [0.5, 0.6) is 11.5 Å². The summed E-state index contributed by atoms with van der Waals surface area (Å²) in [6.45, 7) is 0.493. The molecule has 0 unspecified atom stereocenters. The maximum absolute atomic E-state index is 12.4. The van der Waals surface area contributed by atoms with Crippen molar-refractivity contribution in [2.24, 2.45) is 0 Å². The average molecular weight is 467 g/mol. The number of ether oxygens (including phenoxy) is 2. The van der Waals surface area contributed by atoms with Crippen LogP contribution in [0.3, 0.4) is 0 Å². The number of hydrogen-bond donors (Lipinski definition) is 2. The maximum atomic E-state index is 12.4. The first-order chi connectivity index (χ1) is 15.9. The molecule has 0 saturated carbocycles. The largest absolute Gasteiger partial charge is 0.454 e. The minimum atomic E-state index is -3.67. The van der Waals surface area contributed by atoms with Gasteiger partial charge in [-0.15, -0.1) is 0 Å². The zero-order valence-electron chi connectivity index (χ0n) is 17.6. The molecule has 0 saturated heterocycles. The van der Waals surface area contributed by atoms with Crippen molar-refractivity contribution in [3.63, 3.8) is 0 Å². The van der Waals surface area contributed by atoms with E-state index >= 15 is 0 Å². The third-order valence-electron chi connectivity index (χ3n) is 4.90. The highest BCUT2D eigenvalue weighted by molar-refractivity contribution is 7.91. The maximum Gasteiger partial charge on any atom is 0.251 e. The number of carbonyl (C=O) groups excluding carboxylic acids is 2. The van der Waals surface area contributed by atoms with Crippen molar-refractivity contribution in [3.05, 3.63) is 89.5 Å². The Labute approximate surface area is 191 Å². The summed E-state index contributed by atoms with van der Waals surface area (Å²) in [6, 6.07) is 20.4. The van der Waals surface area contributed by atoms with Crippen LogP contribution in [0.15, 0.2) is 72.8 Å². The molecule has 0 aromatic heterocycles. The molecule has 2 amide bonds. The molecule has 0 aliphatic carbocycles. The van der Waals surface area contributed by atoms with Crippen molar-refractivity contribution >= 4 is 27.3 Å². The molecule has 3 aromatic carbocycles. The van der Waals surface area contributed by atoms with Gasteiger partial charge in [-0.25, -0.2) is 8.42 Å². The van der Waals surface area contributed by atoms with Crippen molar-refractivity contribution < 1.29 is 27.5 Å². The van der Waals surface area contributed by atoms with E-state index in [0.717, 1.165) is 5.56 Å². The molecule has 33 heavy (non-hydrogen) atoms. The summed E-state index contributed by atoms with van der Waals surface area (Å²) in [5, 5.41) is 5.38. The molecule has 0 atom stereocenters. The Morgan fingerprint density at radius 3 is 2.30 bits per heavy atom. The van der Waals surface area contributed by atoms with Crippen molar-refractivity contribution in [3.8, 4) is 11.5 Å². The number of anilines is 1. The molecule has 0 fully saturated rings. The summed E-state index contributed by atoms with van der Waals surface area (Å²) in [5.74, 6) is -0.489. The number of amides is 2. The summed E-state index contributed by atoms with van der Waals surface area (Å²) in [5.41, 5.74) is 2.30. The lowest BCUT2D eigenvalue weighted by atomic mass is 10.1. The molecule has 9 heteroatoms. The molecule has 170 valence electrons. The van der Waals surface area contributed by atoms with Gasteiger partial charge in [-0.05, 0) is 47.5 Å². The van der Waals surface area contributed by atoms with Gasteiger partial charge in [0.2, 0.25) is 12.7 Å². The van der Waals surface area contributed by atoms with Crippen LogP contribution in [0, 0.1) is 0 Å². The lowest BCUT2D eigenvalue weighted by molar-refractivity contribution is -0.113. The highest BCUT2D eigenvalue weighted by atomic mass is 32.2. The summed E-state index contributed by atoms with van der Waals surface area (Å²) in [4.78, 5) is 24.5. The van der Waals surface area contributed by atoms with Gasteiger partial charge in [-0.3, -0.25) is 9.59 Å². The monoisotopic (exact) mass is 466 g/mol. The molecule has 2 N–H and O–H groups in total. The van der Waals surface area contributed by atoms with E-state index in [2.05, 4.69) is 10.6 Å². The second-order valence-corrected chi connectivity index (χ2v) is 9.58. The smallest absolute Gasteiger partial charge is 0.251 e. The molecule has 0 spiro atoms. The fourth-order valence-electron chi connectivity index (χ4n) is 3.31. The van der Waals surface area contributed by atoms with E-state index < -0.39 is 21.5 Å². The molecule has 0 bridgehead atoms. The van der Waals surface area contributed by atoms with E-state index in [9.17, 15) is 18.0 Å². The lowest BCUT2D eigenvalue weighted by Gasteiger charge is -2.08. The van der Waals surface area contributed by atoms with Crippen LogP contribution in [0.2, 0.25) is 0 Å². The van der Waals surface area contributed by atoms with Crippen molar-refractivity contribution in [2.45, 2.75) is 12.3 Å². The summed E-state index contributed by atoms with van der Waals surface area (Å²) < 4.78 is 35.4. The van der Waals surface area contributed by atoms with Crippen molar-refractivity contribution in [1.29, 1.82) is 0 Å². The van der Waals surface area contributed by atoms with Crippen molar-refractivity contribution in [2.75, 3.05) is 17.9 Å². The van der Waals surface area contributed by atoms with Gasteiger partial charge in [0.15, 0.2) is 21.3 Å². The molecule has 4 rings (SSSR count). The quantitative estimate of drug-likeness (QED) is 0.528. The Morgan fingerprint density at radius 1 is 0.848 bits per heavy atom. The third kappa shape index (κ3) is 6.11. The molecule has 1 heterocycles. The molecule has 8 nitrogen and oxygen atoms in total. The summed E-state index contributed by atoms with van der Waals surface area (Å²) in [6.07, 6.45) is 0. The van der Waals surface area contributed by atoms with Gasteiger partial charge in [-0.1, -0.05) is 36.4 Å². The first-order valence-corrected chi connectivity index (χ1v) is 12.0. The number of hydrogen-bond acceptors (Lipinski definition) is 6. The zero-order valence-corrected chi connectivity index (χ0v) is 18.4. The van der Waals surface area contributed by atoms with Crippen LogP contribution in [-0.2, 0) is 26.9 Å². The van der Waals surface area contributed by atoms with E-state index in [1.54, 1.807) is 60.7 Å². The van der Waals surface area contributed by atoms with Gasteiger partial charge in [0.05, 0.1) is 5.75 Å². The zero-order chi connectivity index (χ0) is 23.3. The second kappa shape index (κ2) is 9.74. The number of rotatable bonds is 8. The second-order valence-electron chi connectivity index (χ2n) is 7.51. The number of benzene rings is 3. The highest BCUT2D eigenvalue weighted by Gasteiger charge is 2.18. The standard InChI is InChI=1S/C24H22N2O6S/c27-23(26-20-4-2-1-3-5-20)15-33(29,30)14-17-6-9-19(10-7-17)24(28)25-13-18-8-11-21-22(12-18)32-16-31-21/h1-12H,13-16H2,(H,25,28)(H,26,27). The Kier molecular flexibility index (Phi) is 6.60. The van der Waals surface area contributed by atoms with Gasteiger partial charge in [0, 0.05) is 17.8 Å². The Morgan fingerprint density at radius 2 is 1.55 bits per heavy atom. The summed E-state index contributed by atoms with van der Waals surface area (Å²) in [7, 11) is -3.67. The third-order valence-corrected chi connectivity index (χ3v) is 6.38. The van der Waals surface area contributed by atoms with Gasteiger partial charge in [0.1, 0.15) is 5.75 Å². The van der Waals surface area contributed by atoms with E-state index in [-0.39, 0.29) is 18.5 Å². The molecule has 0 radical (unpaired) electrons. The van der Waals surface area contributed by atoms with Crippen LogP contribution in [0.4, 0.5) is 5.69 Å². The number of carbonyl (C=O) groups is 2. The topological polar surface area (TPSA) is 111 Å². The van der Waals surface area contributed by atoms with Gasteiger partial charge in [0.25, 0.3) is 5.91 Å². The first kappa shape index (κ1) is 22.3. The van der Waals surface area contributed by atoms with Gasteiger partial charge < -0.3 is 20.1 Å². The van der Waals surface area contributed by atoms with Gasteiger partial charge in [-0.2, -0.15) is 0 Å². The van der Waals surface area contributed by atoms with E-state index in [0.29, 0.717) is 34.9 Å². The highest BCUT2D eigenvalue weighted by Crippen LogP contribution is 2.32. The van der Waals surface area contributed by atoms with Crippen LogP contribution in [0.25, 0.3) is 0 Å². The van der Waals surface area contributed by atoms with Crippen LogP contribution in [-0.4, -0.2) is 32.8 Å². The fraction of sp³-hybridized carbons (Fsp3) is 0.167. The van der Waals surface area contributed by atoms with Crippen LogP contribution in [0.1, 0.15) is 21.5 Å². The summed E-state index contributed by atoms with van der Waals surface area (Å²) >= 11 is 0. The predicted molar refractivity (Wildman–Crippen MR) is 123 cm³/mol. The number of fused-ring (bicyclic) bond motifs is 1. The van der Waals surface area contributed by atoms with Crippen molar-refractivity contribution in [1.82, 2.24) is 5.32 Å². The first-order valence-electron chi connectivity index (χ1n) is 10.2. The number of para-hydroxylation sites is 1. The van der Waals surface area contributed by atoms with Gasteiger partial charge >= 0.3 is 0 Å². The minimum Gasteiger partial charge on any atom is -0.454 e. The fourth-order valence-corrected chi connectivity index (χ4v) is 4.58. The molecule has 3 aromatic rings. The van der Waals surface area contributed by atoms with E-state index in [1.807, 2.05) is 12.1 Å². The Bertz CT molecular complexity index is 1260. The molecule has 1 aliphatic heterocycles. The molecule has 1 aliphatic rings. The van der Waals surface area contributed by atoms with Crippen LogP contribution < -0.4 is 20.1 Å². The molecular weight excluding hydrogens is 444 g/mol. The number of sulfone groups is 1. The van der Waals surface area contributed by atoms with E-state index in [4.69, 9.17) is 9.47 Å². The lowest BCUT2D eigenvalue weighted by Crippen LogP contribution is -2.24. The van der Waals surface area contributed by atoms with Crippen LogP contribution >= 0.6 is 0 Å². The average Bonchev–Trinajstić information content (AvgIpc) is 3.26. The molecular formula is C24H22N2O6S. The number of nitrogens with one attached hydrogen (secondary N) is 2. The van der Waals surface area contributed by atoms with E-state index in [1.165, 1.54) is 0 Å². The predicted octanol–water partition coefficient (Wildman–Crippen LogP) is 2.90. The Balaban J connectivity index is 1.29. The minimum absolute atomic E-state index is 0.185. The normalized spacial score (nSPS) is 12.2. The Hall–Kier alpha value is -3.85. The SMILES string of the molecule is O=C(CS(=O)(=O)Cc1ccc(C(=O)NCc2ccc3c(c2)OCO3)cc1)Nc1ccccc1.